The minimum Gasteiger partial charge on any atom is -0.444 e. The molecule has 1 aliphatic heterocycles. The summed E-state index contributed by atoms with van der Waals surface area (Å²) in [5, 5.41) is 7.62. The fourth-order valence-electron chi connectivity index (χ4n) is 2.99. The fourth-order valence-corrected chi connectivity index (χ4v) is 2.99. The SMILES string of the molecule is c1ccc(-c2nc(Cc3nc(C4CCCCCN4)no3)co2)cc1. The molecule has 1 atom stereocenters. The molecule has 1 saturated heterocycles. The molecule has 1 N–H and O–H groups in total. The lowest BCUT2D eigenvalue weighted by Crippen LogP contribution is -2.21. The van der Waals surface area contributed by atoms with E-state index >= 15 is 0 Å². The summed E-state index contributed by atoms with van der Waals surface area (Å²) in [5.41, 5.74) is 1.75. The van der Waals surface area contributed by atoms with Crippen LogP contribution in [0.4, 0.5) is 0 Å². The van der Waals surface area contributed by atoms with Gasteiger partial charge in [0.15, 0.2) is 5.82 Å². The Labute approximate surface area is 140 Å². The molecule has 6 nitrogen and oxygen atoms in total. The van der Waals surface area contributed by atoms with Crippen LogP contribution in [-0.4, -0.2) is 21.7 Å². The highest BCUT2D eigenvalue weighted by molar-refractivity contribution is 5.52. The molecule has 3 heterocycles. The van der Waals surface area contributed by atoms with Crippen molar-refractivity contribution in [2.24, 2.45) is 0 Å². The molecule has 1 unspecified atom stereocenters. The molecule has 3 aromatic rings. The number of rotatable bonds is 4. The first-order valence-electron chi connectivity index (χ1n) is 8.44. The van der Waals surface area contributed by atoms with Crippen LogP contribution in [0.2, 0.25) is 0 Å². The van der Waals surface area contributed by atoms with E-state index in [9.17, 15) is 0 Å². The predicted octanol–water partition coefficient (Wildman–Crippen LogP) is 3.52. The van der Waals surface area contributed by atoms with Crippen LogP contribution in [0.5, 0.6) is 0 Å². The number of hydrogen-bond acceptors (Lipinski definition) is 6. The van der Waals surface area contributed by atoms with Gasteiger partial charge in [-0.25, -0.2) is 4.98 Å². The third-order valence-electron chi connectivity index (χ3n) is 4.26. The number of hydrogen-bond donors (Lipinski definition) is 1. The zero-order valence-corrected chi connectivity index (χ0v) is 13.4. The maximum Gasteiger partial charge on any atom is 0.232 e. The van der Waals surface area contributed by atoms with Crippen LogP contribution in [0.25, 0.3) is 11.5 Å². The average molecular weight is 324 g/mol. The van der Waals surface area contributed by atoms with E-state index in [1.54, 1.807) is 6.26 Å². The molecule has 0 aliphatic carbocycles. The molecule has 6 heteroatoms. The van der Waals surface area contributed by atoms with Gasteiger partial charge < -0.3 is 14.3 Å². The van der Waals surface area contributed by atoms with Gasteiger partial charge in [0.1, 0.15) is 6.26 Å². The molecule has 0 bridgehead atoms. The molecule has 0 radical (unpaired) electrons. The highest BCUT2D eigenvalue weighted by Gasteiger charge is 2.20. The van der Waals surface area contributed by atoms with E-state index in [0.29, 0.717) is 18.2 Å². The summed E-state index contributed by atoms with van der Waals surface area (Å²) >= 11 is 0. The maximum absolute atomic E-state index is 5.55. The van der Waals surface area contributed by atoms with Crippen molar-refractivity contribution in [3.05, 3.63) is 54.0 Å². The molecule has 0 saturated carbocycles. The van der Waals surface area contributed by atoms with Crippen molar-refractivity contribution >= 4 is 0 Å². The quantitative estimate of drug-likeness (QED) is 0.791. The summed E-state index contributed by atoms with van der Waals surface area (Å²) in [4.78, 5) is 9.03. The molecule has 4 rings (SSSR count). The van der Waals surface area contributed by atoms with Gasteiger partial charge in [-0.05, 0) is 31.5 Å². The molecule has 1 fully saturated rings. The molecule has 0 spiro atoms. The number of benzene rings is 1. The molecule has 2 aromatic heterocycles. The van der Waals surface area contributed by atoms with Gasteiger partial charge in [-0.3, -0.25) is 0 Å². The summed E-state index contributed by atoms with van der Waals surface area (Å²) in [7, 11) is 0. The Morgan fingerprint density at radius 3 is 2.92 bits per heavy atom. The van der Waals surface area contributed by atoms with Gasteiger partial charge in [0.2, 0.25) is 11.8 Å². The van der Waals surface area contributed by atoms with E-state index < -0.39 is 0 Å². The monoisotopic (exact) mass is 324 g/mol. The van der Waals surface area contributed by atoms with Gasteiger partial charge in [0, 0.05) is 5.56 Å². The second kappa shape index (κ2) is 6.97. The van der Waals surface area contributed by atoms with Gasteiger partial charge >= 0.3 is 0 Å². The summed E-state index contributed by atoms with van der Waals surface area (Å²) in [6.45, 7) is 1.01. The van der Waals surface area contributed by atoms with E-state index in [2.05, 4.69) is 20.4 Å². The van der Waals surface area contributed by atoms with Crippen molar-refractivity contribution in [3.8, 4) is 11.5 Å². The molecule has 24 heavy (non-hydrogen) atoms. The molecular weight excluding hydrogens is 304 g/mol. The van der Waals surface area contributed by atoms with Gasteiger partial charge in [-0.1, -0.05) is 36.2 Å². The lowest BCUT2D eigenvalue weighted by molar-refractivity contribution is 0.368. The minimum atomic E-state index is 0.196. The lowest BCUT2D eigenvalue weighted by atomic mass is 10.1. The Kier molecular flexibility index (Phi) is 4.38. The van der Waals surface area contributed by atoms with Crippen molar-refractivity contribution < 1.29 is 8.94 Å². The van der Waals surface area contributed by atoms with Crippen molar-refractivity contribution in [1.29, 1.82) is 0 Å². The highest BCUT2D eigenvalue weighted by Crippen LogP contribution is 2.22. The van der Waals surface area contributed by atoms with Crippen LogP contribution in [-0.2, 0) is 6.42 Å². The smallest absolute Gasteiger partial charge is 0.232 e. The van der Waals surface area contributed by atoms with Crippen LogP contribution in [0.15, 0.2) is 45.5 Å². The van der Waals surface area contributed by atoms with Crippen molar-refractivity contribution in [2.75, 3.05) is 6.54 Å². The van der Waals surface area contributed by atoms with E-state index in [4.69, 9.17) is 8.94 Å². The van der Waals surface area contributed by atoms with Gasteiger partial charge in [0.05, 0.1) is 18.2 Å². The largest absolute Gasteiger partial charge is 0.444 e. The molecule has 124 valence electrons. The highest BCUT2D eigenvalue weighted by atomic mass is 16.5. The molecule has 1 aliphatic rings. The summed E-state index contributed by atoms with van der Waals surface area (Å²) < 4.78 is 10.9. The Morgan fingerprint density at radius 1 is 1.08 bits per heavy atom. The number of nitrogens with one attached hydrogen (secondary N) is 1. The zero-order valence-electron chi connectivity index (χ0n) is 13.4. The first-order valence-corrected chi connectivity index (χ1v) is 8.44. The summed E-state index contributed by atoms with van der Waals surface area (Å²) in [6, 6.07) is 10.0. The topological polar surface area (TPSA) is 77.0 Å². The first-order chi connectivity index (χ1) is 11.9. The molecule has 1 aromatic carbocycles. The standard InChI is InChI=1S/C18H20N4O2/c1-3-7-13(8-4-1)18-20-14(12-23-18)11-16-21-17(22-24-16)15-9-5-2-6-10-19-15/h1,3-4,7-8,12,15,19H,2,5-6,9-11H2. The van der Waals surface area contributed by atoms with Crippen molar-refractivity contribution in [3.63, 3.8) is 0 Å². The van der Waals surface area contributed by atoms with Crippen LogP contribution >= 0.6 is 0 Å². The van der Waals surface area contributed by atoms with Crippen molar-refractivity contribution in [1.82, 2.24) is 20.4 Å². The van der Waals surface area contributed by atoms with E-state index in [0.717, 1.165) is 30.0 Å². The van der Waals surface area contributed by atoms with Gasteiger partial charge in [-0.2, -0.15) is 4.98 Å². The van der Waals surface area contributed by atoms with Crippen molar-refractivity contribution in [2.45, 2.75) is 38.1 Å². The Bertz CT molecular complexity index is 773. The lowest BCUT2D eigenvalue weighted by Gasteiger charge is -2.09. The zero-order chi connectivity index (χ0) is 16.2. The third kappa shape index (κ3) is 3.38. The number of oxazole rings is 1. The summed E-state index contributed by atoms with van der Waals surface area (Å²) in [6.07, 6.45) is 6.86. The van der Waals surface area contributed by atoms with Crippen LogP contribution < -0.4 is 5.32 Å². The fraction of sp³-hybridized carbons (Fsp3) is 0.389. The second-order valence-corrected chi connectivity index (χ2v) is 6.09. The average Bonchev–Trinajstić information content (AvgIpc) is 3.19. The Balaban J connectivity index is 1.45. The normalized spacial score (nSPS) is 18.4. The van der Waals surface area contributed by atoms with E-state index in [1.807, 2.05) is 30.3 Å². The van der Waals surface area contributed by atoms with Crippen LogP contribution in [0.1, 0.15) is 49.1 Å². The molecular formula is C18H20N4O2. The van der Waals surface area contributed by atoms with Gasteiger partial charge in [0.25, 0.3) is 0 Å². The summed E-state index contributed by atoms with van der Waals surface area (Å²) in [5.74, 6) is 1.93. The number of aromatic nitrogens is 3. The Morgan fingerprint density at radius 2 is 2.00 bits per heavy atom. The van der Waals surface area contributed by atoms with Crippen LogP contribution in [0, 0.1) is 0 Å². The predicted molar refractivity (Wildman–Crippen MR) is 88.3 cm³/mol. The Hall–Kier alpha value is -2.47. The second-order valence-electron chi connectivity index (χ2n) is 6.09. The molecule has 0 amide bonds. The van der Waals surface area contributed by atoms with E-state index in [1.165, 1.54) is 19.3 Å². The van der Waals surface area contributed by atoms with Crippen LogP contribution in [0.3, 0.4) is 0 Å². The van der Waals surface area contributed by atoms with E-state index in [-0.39, 0.29) is 6.04 Å². The third-order valence-corrected chi connectivity index (χ3v) is 4.26. The van der Waals surface area contributed by atoms with Gasteiger partial charge in [-0.15, -0.1) is 0 Å². The number of nitrogens with zero attached hydrogens (tertiary/aromatic N) is 3. The maximum atomic E-state index is 5.55. The first kappa shape index (κ1) is 15.1. The minimum absolute atomic E-state index is 0.196.